The number of nitrogens with one attached hydrogen (secondary N) is 1. The molecule has 1 aromatic heterocycles. The zero-order valence-electron chi connectivity index (χ0n) is 10.6. The van der Waals surface area contributed by atoms with Crippen LogP contribution in [0.1, 0.15) is 11.3 Å². The van der Waals surface area contributed by atoms with E-state index >= 15 is 0 Å². The van der Waals surface area contributed by atoms with E-state index in [4.69, 9.17) is 11.6 Å². The number of aryl methyl sites for hydroxylation is 2. The van der Waals surface area contributed by atoms with Crippen molar-refractivity contribution in [3.05, 3.63) is 50.8 Å². The number of non-ortho nitro benzene ring substituents is 1. The number of nitro groups is 1. The summed E-state index contributed by atoms with van der Waals surface area (Å²) in [5.41, 5.74) is 2.46. The van der Waals surface area contributed by atoms with Gasteiger partial charge < -0.3 is 5.32 Å². The van der Waals surface area contributed by atoms with Crippen molar-refractivity contribution < 1.29 is 4.92 Å². The zero-order valence-corrected chi connectivity index (χ0v) is 11.3. The molecule has 1 N–H and O–H groups in total. The van der Waals surface area contributed by atoms with E-state index in [1.807, 2.05) is 20.2 Å². The van der Waals surface area contributed by atoms with Crippen LogP contribution in [0.5, 0.6) is 0 Å². The van der Waals surface area contributed by atoms with Gasteiger partial charge in [0, 0.05) is 36.9 Å². The molecule has 0 amide bonds. The van der Waals surface area contributed by atoms with Crippen molar-refractivity contribution in [2.24, 2.45) is 7.05 Å². The molecule has 19 heavy (non-hydrogen) atoms. The van der Waals surface area contributed by atoms with Gasteiger partial charge in [-0.15, -0.1) is 0 Å². The number of benzene rings is 1. The Morgan fingerprint density at radius 3 is 2.84 bits per heavy atom. The molecular weight excluding hydrogens is 268 g/mol. The van der Waals surface area contributed by atoms with Gasteiger partial charge in [-0.3, -0.25) is 14.8 Å². The second kappa shape index (κ2) is 5.27. The Kier molecular flexibility index (Phi) is 3.71. The highest BCUT2D eigenvalue weighted by atomic mass is 35.5. The van der Waals surface area contributed by atoms with Gasteiger partial charge in [-0.1, -0.05) is 11.6 Å². The Bertz CT molecular complexity index is 624. The summed E-state index contributed by atoms with van der Waals surface area (Å²) in [6, 6.07) is 4.40. The fourth-order valence-corrected chi connectivity index (χ4v) is 1.96. The fourth-order valence-electron chi connectivity index (χ4n) is 1.77. The minimum atomic E-state index is -0.435. The normalized spacial score (nSPS) is 10.5. The first-order valence-electron chi connectivity index (χ1n) is 5.64. The smallest absolute Gasteiger partial charge is 0.269 e. The number of hydrogen-bond donors (Lipinski definition) is 1. The van der Waals surface area contributed by atoms with Gasteiger partial charge in [-0.05, 0) is 18.6 Å². The number of rotatable bonds is 4. The molecule has 0 aliphatic heterocycles. The SMILES string of the molecule is Cc1nn(C)cc1NCc1cc([N+](=O)[O-])ccc1Cl. The molecule has 1 heterocycles. The summed E-state index contributed by atoms with van der Waals surface area (Å²) >= 11 is 6.03. The van der Waals surface area contributed by atoms with Crippen LogP contribution in [0, 0.1) is 17.0 Å². The third-order valence-corrected chi connectivity index (χ3v) is 3.09. The summed E-state index contributed by atoms with van der Waals surface area (Å²) in [5, 5.41) is 18.6. The number of anilines is 1. The highest BCUT2D eigenvalue weighted by Gasteiger charge is 2.10. The van der Waals surface area contributed by atoms with E-state index in [2.05, 4.69) is 10.4 Å². The Labute approximate surface area is 115 Å². The molecule has 0 aliphatic rings. The Hall–Kier alpha value is -2.08. The molecule has 0 bridgehead atoms. The van der Waals surface area contributed by atoms with Gasteiger partial charge in [0.15, 0.2) is 0 Å². The molecule has 100 valence electrons. The van der Waals surface area contributed by atoms with Gasteiger partial charge >= 0.3 is 0 Å². The van der Waals surface area contributed by atoms with E-state index < -0.39 is 4.92 Å². The summed E-state index contributed by atoms with van der Waals surface area (Å²) in [7, 11) is 1.83. The summed E-state index contributed by atoms with van der Waals surface area (Å²) in [4.78, 5) is 10.3. The molecule has 7 heteroatoms. The van der Waals surface area contributed by atoms with Crippen LogP contribution in [0.25, 0.3) is 0 Å². The van der Waals surface area contributed by atoms with Crippen LogP contribution >= 0.6 is 11.6 Å². The molecular formula is C12H13ClN4O2. The van der Waals surface area contributed by atoms with Gasteiger partial charge in [0.2, 0.25) is 0 Å². The quantitative estimate of drug-likeness (QED) is 0.690. The summed E-state index contributed by atoms with van der Waals surface area (Å²) in [5.74, 6) is 0. The third-order valence-electron chi connectivity index (χ3n) is 2.72. The number of hydrogen-bond acceptors (Lipinski definition) is 4. The lowest BCUT2D eigenvalue weighted by Crippen LogP contribution is -2.01. The molecule has 0 fully saturated rings. The molecule has 2 aromatic rings. The van der Waals surface area contributed by atoms with Crippen LogP contribution in [0.2, 0.25) is 5.02 Å². The summed E-state index contributed by atoms with van der Waals surface area (Å²) in [6.07, 6.45) is 1.85. The molecule has 0 saturated carbocycles. The molecule has 0 unspecified atom stereocenters. The second-order valence-corrected chi connectivity index (χ2v) is 4.60. The van der Waals surface area contributed by atoms with Crippen LogP contribution in [0.4, 0.5) is 11.4 Å². The first kappa shape index (κ1) is 13.4. The van der Waals surface area contributed by atoms with Crippen LogP contribution in [0.15, 0.2) is 24.4 Å². The standard InChI is InChI=1S/C12H13ClN4O2/c1-8-12(7-16(2)15-8)14-6-9-5-10(17(18)19)3-4-11(9)13/h3-5,7,14H,6H2,1-2H3. The van der Waals surface area contributed by atoms with E-state index in [9.17, 15) is 10.1 Å². The van der Waals surface area contributed by atoms with E-state index in [1.165, 1.54) is 18.2 Å². The molecule has 0 spiro atoms. The molecule has 1 aromatic carbocycles. The first-order chi connectivity index (χ1) is 8.97. The van der Waals surface area contributed by atoms with E-state index in [0.717, 1.165) is 11.4 Å². The third kappa shape index (κ3) is 3.03. The second-order valence-electron chi connectivity index (χ2n) is 4.19. The first-order valence-corrected chi connectivity index (χ1v) is 6.02. The molecule has 2 rings (SSSR count). The minimum Gasteiger partial charge on any atom is -0.378 e. The average Bonchev–Trinajstić information content (AvgIpc) is 2.66. The van der Waals surface area contributed by atoms with Crippen LogP contribution < -0.4 is 5.32 Å². The average molecular weight is 281 g/mol. The molecule has 0 atom stereocenters. The molecule has 0 saturated heterocycles. The number of nitrogens with zero attached hydrogens (tertiary/aromatic N) is 3. The van der Waals surface area contributed by atoms with E-state index in [1.54, 1.807) is 4.68 Å². The highest BCUT2D eigenvalue weighted by Crippen LogP contribution is 2.23. The van der Waals surface area contributed by atoms with Crippen molar-refractivity contribution in [3.8, 4) is 0 Å². The maximum absolute atomic E-state index is 10.7. The van der Waals surface area contributed by atoms with Crippen molar-refractivity contribution in [2.75, 3.05) is 5.32 Å². The van der Waals surface area contributed by atoms with Gasteiger partial charge in [-0.2, -0.15) is 5.10 Å². The van der Waals surface area contributed by atoms with Crippen molar-refractivity contribution >= 4 is 23.0 Å². The van der Waals surface area contributed by atoms with Crippen LogP contribution in [-0.2, 0) is 13.6 Å². The monoisotopic (exact) mass is 280 g/mol. The van der Waals surface area contributed by atoms with Gasteiger partial charge in [0.1, 0.15) is 0 Å². The minimum absolute atomic E-state index is 0.0316. The fraction of sp³-hybridized carbons (Fsp3) is 0.250. The van der Waals surface area contributed by atoms with Crippen LogP contribution in [-0.4, -0.2) is 14.7 Å². The van der Waals surface area contributed by atoms with Gasteiger partial charge in [-0.25, -0.2) is 0 Å². The van der Waals surface area contributed by atoms with Crippen LogP contribution in [0.3, 0.4) is 0 Å². The topological polar surface area (TPSA) is 73.0 Å². The Morgan fingerprint density at radius 1 is 1.53 bits per heavy atom. The predicted molar refractivity (Wildman–Crippen MR) is 73.4 cm³/mol. The van der Waals surface area contributed by atoms with Crippen molar-refractivity contribution in [3.63, 3.8) is 0 Å². The zero-order chi connectivity index (χ0) is 14.0. The Morgan fingerprint density at radius 2 is 2.26 bits per heavy atom. The number of nitro benzene ring substituents is 1. The maximum atomic E-state index is 10.7. The predicted octanol–water partition coefficient (Wildman–Crippen LogP) is 2.90. The molecule has 6 nitrogen and oxygen atoms in total. The Balaban J connectivity index is 2.17. The molecule has 0 aliphatic carbocycles. The van der Waals surface area contributed by atoms with Crippen molar-refractivity contribution in [2.45, 2.75) is 13.5 Å². The largest absolute Gasteiger partial charge is 0.378 e. The lowest BCUT2D eigenvalue weighted by molar-refractivity contribution is -0.384. The lowest BCUT2D eigenvalue weighted by atomic mass is 10.2. The maximum Gasteiger partial charge on any atom is 0.269 e. The number of aromatic nitrogens is 2. The van der Waals surface area contributed by atoms with E-state index in [-0.39, 0.29) is 5.69 Å². The summed E-state index contributed by atoms with van der Waals surface area (Å²) < 4.78 is 1.70. The summed E-state index contributed by atoms with van der Waals surface area (Å²) in [6.45, 7) is 2.30. The number of halogens is 1. The van der Waals surface area contributed by atoms with Gasteiger partial charge in [0.25, 0.3) is 5.69 Å². The highest BCUT2D eigenvalue weighted by molar-refractivity contribution is 6.31. The lowest BCUT2D eigenvalue weighted by Gasteiger charge is -2.06. The van der Waals surface area contributed by atoms with Crippen molar-refractivity contribution in [1.29, 1.82) is 0 Å². The van der Waals surface area contributed by atoms with E-state index in [0.29, 0.717) is 17.1 Å². The van der Waals surface area contributed by atoms with Crippen molar-refractivity contribution in [1.82, 2.24) is 9.78 Å². The van der Waals surface area contributed by atoms with Gasteiger partial charge in [0.05, 0.1) is 16.3 Å². The molecule has 0 radical (unpaired) electrons.